The molecule has 0 bridgehead atoms. The van der Waals surface area contributed by atoms with E-state index >= 15 is 0 Å². The normalized spacial score (nSPS) is 19.4. The summed E-state index contributed by atoms with van der Waals surface area (Å²) in [6.07, 6.45) is 3.37. The van der Waals surface area contributed by atoms with E-state index in [1.807, 2.05) is 45.9 Å². The molecule has 3 heterocycles. The van der Waals surface area contributed by atoms with Crippen molar-refractivity contribution >= 4 is 12.7 Å². The molecule has 2 aromatic heterocycles. The number of hydrogen-bond donors (Lipinski definition) is 0. The van der Waals surface area contributed by atoms with Gasteiger partial charge in [-0.15, -0.1) is 0 Å². The topological polar surface area (TPSA) is 53.4 Å². The van der Waals surface area contributed by atoms with Crippen molar-refractivity contribution in [2.75, 3.05) is 0 Å². The van der Waals surface area contributed by atoms with Gasteiger partial charge in [-0.1, -0.05) is 6.07 Å². The maximum absolute atomic E-state index is 11.8. The highest BCUT2D eigenvalue weighted by Gasteiger charge is 2.52. The van der Waals surface area contributed by atoms with Gasteiger partial charge in [0.2, 0.25) is 0 Å². The maximum Gasteiger partial charge on any atom is 0.514 e. The molecule has 6 heteroatoms. The van der Waals surface area contributed by atoms with Crippen molar-refractivity contribution in [2.24, 2.45) is 0 Å². The summed E-state index contributed by atoms with van der Waals surface area (Å²) in [4.78, 5) is 16.2. The molecule has 1 aliphatic rings. The lowest BCUT2D eigenvalue weighted by Gasteiger charge is -2.32. The highest BCUT2D eigenvalue weighted by atomic mass is 16.7. The Hall–Kier alpha value is -1.92. The van der Waals surface area contributed by atoms with E-state index in [0.29, 0.717) is 11.3 Å². The van der Waals surface area contributed by atoms with Crippen LogP contribution in [-0.4, -0.2) is 27.9 Å². The summed E-state index contributed by atoms with van der Waals surface area (Å²) in [6, 6.07) is 8.71. The first-order valence-corrected chi connectivity index (χ1v) is 7.30. The second-order valence-corrected chi connectivity index (χ2v) is 6.44. The van der Waals surface area contributed by atoms with E-state index in [9.17, 15) is 4.79 Å². The molecule has 3 rings (SSSR count). The molecule has 0 spiro atoms. The molecule has 1 aliphatic heterocycles. The molecule has 0 aliphatic carbocycles. The monoisotopic (exact) mass is 298 g/mol. The van der Waals surface area contributed by atoms with Gasteiger partial charge in [-0.25, -0.2) is 0 Å². The lowest BCUT2D eigenvalue weighted by molar-refractivity contribution is 0.00578. The van der Waals surface area contributed by atoms with Crippen LogP contribution >= 0.6 is 0 Å². The molecule has 1 saturated heterocycles. The zero-order chi connectivity index (χ0) is 16.0. The average molecular weight is 298 g/mol. The summed E-state index contributed by atoms with van der Waals surface area (Å²) in [5.74, 6) is 0. The van der Waals surface area contributed by atoms with Gasteiger partial charge in [0.25, 0.3) is 5.56 Å². The van der Waals surface area contributed by atoms with Crippen LogP contribution in [0.3, 0.4) is 0 Å². The average Bonchev–Trinajstić information content (AvgIpc) is 2.68. The fourth-order valence-corrected chi connectivity index (χ4v) is 2.28. The highest BCUT2D eigenvalue weighted by Crippen LogP contribution is 2.36. The van der Waals surface area contributed by atoms with Crippen LogP contribution in [0.25, 0.3) is 5.69 Å². The van der Waals surface area contributed by atoms with Gasteiger partial charge in [0.05, 0.1) is 28.7 Å². The third-order valence-electron chi connectivity index (χ3n) is 4.37. The van der Waals surface area contributed by atoms with E-state index in [-0.39, 0.29) is 5.56 Å². The van der Waals surface area contributed by atoms with Gasteiger partial charge in [0.1, 0.15) is 0 Å². The van der Waals surface area contributed by atoms with Crippen molar-refractivity contribution in [1.82, 2.24) is 9.55 Å². The summed E-state index contributed by atoms with van der Waals surface area (Å²) in [5, 5.41) is 0. The fourth-order valence-electron chi connectivity index (χ4n) is 2.28. The third kappa shape index (κ3) is 2.49. The van der Waals surface area contributed by atoms with Crippen molar-refractivity contribution in [1.29, 1.82) is 0 Å². The van der Waals surface area contributed by atoms with Gasteiger partial charge >= 0.3 is 7.12 Å². The van der Waals surface area contributed by atoms with E-state index < -0.39 is 18.3 Å². The third-order valence-corrected chi connectivity index (χ3v) is 4.37. The van der Waals surface area contributed by atoms with Gasteiger partial charge in [-0.3, -0.25) is 14.3 Å². The van der Waals surface area contributed by atoms with Crippen LogP contribution in [0.15, 0.2) is 47.5 Å². The zero-order valence-corrected chi connectivity index (χ0v) is 13.2. The number of aromatic nitrogens is 2. The van der Waals surface area contributed by atoms with Gasteiger partial charge in [0.15, 0.2) is 0 Å². The first-order chi connectivity index (χ1) is 10.3. The first-order valence-electron chi connectivity index (χ1n) is 7.30. The molecule has 1 fully saturated rings. The number of pyridine rings is 2. The van der Waals surface area contributed by atoms with Crippen LogP contribution < -0.4 is 11.2 Å². The van der Waals surface area contributed by atoms with Crippen LogP contribution in [0.4, 0.5) is 0 Å². The summed E-state index contributed by atoms with van der Waals surface area (Å²) in [7, 11) is -0.494. The predicted molar refractivity (Wildman–Crippen MR) is 85.6 cm³/mol. The van der Waals surface area contributed by atoms with Gasteiger partial charge in [-0.2, -0.15) is 0 Å². The molecule has 0 radical (unpaired) electrons. The second kappa shape index (κ2) is 5.07. The molecule has 22 heavy (non-hydrogen) atoms. The molecule has 0 saturated carbocycles. The van der Waals surface area contributed by atoms with E-state index in [2.05, 4.69) is 4.98 Å². The van der Waals surface area contributed by atoms with Gasteiger partial charge < -0.3 is 9.31 Å². The number of rotatable bonds is 2. The van der Waals surface area contributed by atoms with Crippen molar-refractivity contribution in [3.05, 3.63) is 53.1 Å². The Bertz CT molecular complexity index is 722. The lowest BCUT2D eigenvalue weighted by Crippen LogP contribution is -2.41. The maximum atomic E-state index is 11.8. The minimum absolute atomic E-state index is 0.0901. The summed E-state index contributed by atoms with van der Waals surface area (Å²) >= 11 is 0. The summed E-state index contributed by atoms with van der Waals surface area (Å²) < 4.78 is 13.5. The minimum atomic E-state index is -0.494. The standard InChI is InChI=1S/C16H19BN2O3/c1-15(2)16(3,4)22-17(21-15)13-9-8-12(11-18-13)19-10-6-5-7-14(19)20/h5-11H,1-4H3. The van der Waals surface area contributed by atoms with Crippen LogP contribution in [-0.2, 0) is 9.31 Å². The molecule has 5 nitrogen and oxygen atoms in total. The first kappa shape index (κ1) is 15.0. The van der Waals surface area contributed by atoms with E-state index in [1.54, 1.807) is 23.0 Å². The summed E-state index contributed by atoms with van der Waals surface area (Å²) in [6.45, 7) is 8.02. The molecule has 0 amide bonds. The largest absolute Gasteiger partial charge is 0.514 e. The Balaban J connectivity index is 1.88. The van der Waals surface area contributed by atoms with Crippen molar-refractivity contribution < 1.29 is 9.31 Å². The van der Waals surface area contributed by atoms with Crippen LogP contribution in [0.1, 0.15) is 27.7 Å². The van der Waals surface area contributed by atoms with Crippen molar-refractivity contribution in [3.8, 4) is 5.69 Å². The van der Waals surface area contributed by atoms with Crippen molar-refractivity contribution in [3.63, 3.8) is 0 Å². The molecule has 0 aromatic carbocycles. The molecule has 0 N–H and O–H groups in total. The Morgan fingerprint density at radius 3 is 2.27 bits per heavy atom. The molecular formula is C16H19BN2O3. The van der Waals surface area contributed by atoms with E-state index in [1.165, 1.54) is 6.07 Å². The SMILES string of the molecule is CC1(C)OB(c2ccc(-n3ccccc3=O)cn2)OC1(C)C. The van der Waals surface area contributed by atoms with Gasteiger partial charge in [0, 0.05) is 12.3 Å². The summed E-state index contributed by atoms with van der Waals surface area (Å²) in [5.41, 5.74) is 0.535. The Kier molecular flexibility index (Phi) is 3.46. The van der Waals surface area contributed by atoms with Gasteiger partial charge in [-0.05, 0) is 45.9 Å². The smallest absolute Gasteiger partial charge is 0.398 e. The molecular weight excluding hydrogens is 279 g/mol. The van der Waals surface area contributed by atoms with E-state index in [0.717, 1.165) is 0 Å². The molecule has 2 aromatic rings. The molecule has 0 atom stereocenters. The predicted octanol–water partition coefficient (Wildman–Crippen LogP) is 1.53. The fraction of sp³-hybridized carbons (Fsp3) is 0.375. The Morgan fingerprint density at radius 2 is 1.73 bits per heavy atom. The van der Waals surface area contributed by atoms with Crippen molar-refractivity contribution in [2.45, 2.75) is 38.9 Å². The quantitative estimate of drug-likeness (QED) is 0.789. The minimum Gasteiger partial charge on any atom is -0.398 e. The van der Waals surface area contributed by atoms with Crippen LogP contribution in [0, 0.1) is 0 Å². The number of hydrogen-bond acceptors (Lipinski definition) is 4. The zero-order valence-electron chi connectivity index (χ0n) is 13.2. The Morgan fingerprint density at radius 1 is 1.05 bits per heavy atom. The second-order valence-electron chi connectivity index (χ2n) is 6.44. The molecule has 0 unspecified atom stereocenters. The van der Waals surface area contributed by atoms with Crippen LogP contribution in [0.5, 0.6) is 0 Å². The lowest BCUT2D eigenvalue weighted by atomic mass is 9.84. The van der Waals surface area contributed by atoms with Crippen LogP contribution in [0.2, 0.25) is 0 Å². The Labute approximate surface area is 130 Å². The molecule has 114 valence electrons. The number of nitrogens with zero attached hydrogens (tertiary/aromatic N) is 2. The highest BCUT2D eigenvalue weighted by molar-refractivity contribution is 6.61. The van der Waals surface area contributed by atoms with E-state index in [4.69, 9.17) is 9.31 Å².